The molecule has 1 unspecified atom stereocenters. The van der Waals surface area contributed by atoms with Crippen LogP contribution in [0, 0.1) is 0 Å². The van der Waals surface area contributed by atoms with Crippen LogP contribution >= 0.6 is 7.92 Å². The van der Waals surface area contributed by atoms with Gasteiger partial charge in [0.05, 0.1) is 0 Å². The molecule has 248 valence electrons. The van der Waals surface area contributed by atoms with Crippen molar-refractivity contribution in [3.63, 3.8) is 0 Å². The quantitative estimate of drug-likeness (QED) is 0.121. The third-order valence-corrected chi connectivity index (χ3v) is 12.0. The molecule has 51 heavy (non-hydrogen) atoms. The lowest BCUT2D eigenvalue weighted by molar-refractivity contribution is 0.0731. The Bertz CT molecular complexity index is 2140. The van der Waals surface area contributed by atoms with E-state index >= 15 is 0 Å². The number of allylic oxidation sites excluding steroid dienone is 1. The highest BCUT2D eigenvalue weighted by Gasteiger charge is 2.34. The van der Waals surface area contributed by atoms with Gasteiger partial charge < -0.3 is 9.84 Å². The summed E-state index contributed by atoms with van der Waals surface area (Å²) >= 11 is 0. The van der Waals surface area contributed by atoms with Crippen molar-refractivity contribution in [2.45, 2.75) is 24.1 Å². The Balaban J connectivity index is 0.983. The molecular formula is C45H36N3O2P. The molecule has 0 aliphatic heterocycles. The first kappa shape index (κ1) is 32.5. The van der Waals surface area contributed by atoms with Crippen LogP contribution in [0.15, 0.2) is 182 Å². The fraction of sp³-hybridized carbons (Fsp3) is 0.0889. The summed E-state index contributed by atoms with van der Waals surface area (Å²) in [5.74, 6) is 3.23. The normalized spacial score (nSPS) is 16.9. The van der Waals surface area contributed by atoms with E-state index in [0.717, 1.165) is 28.7 Å². The maximum atomic E-state index is 11.8. The van der Waals surface area contributed by atoms with E-state index in [2.05, 4.69) is 66.7 Å². The molecule has 0 fully saturated rings. The second kappa shape index (κ2) is 14.6. The lowest BCUT2D eigenvalue weighted by atomic mass is 9.84. The zero-order valence-electron chi connectivity index (χ0n) is 28.0. The molecule has 5 nitrogen and oxygen atoms in total. The fourth-order valence-electron chi connectivity index (χ4n) is 6.54. The van der Waals surface area contributed by atoms with Gasteiger partial charge in [0.25, 0.3) is 0 Å². The third-order valence-electron chi connectivity index (χ3n) is 9.22. The van der Waals surface area contributed by atoms with E-state index in [1.807, 2.05) is 115 Å². The van der Waals surface area contributed by atoms with Crippen molar-refractivity contribution in [3.8, 4) is 45.7 Å². The van der Waals surface area contributed by atoms with Crippen LogP contribution in [0.25, 0.3) is 34.2 Å². The Morgan fingerprint density at radius 2 is 0.922 bits per heavy atom. The van der Waals surface area contributed by atoms with Gasteiger partial charge in [0.2, 0.25) is 0 Å². The molecule has 1 N–H and O–H groups in total. The second-order valence-electron chi connectivity index (χ2n) is 12.6. The van der Waals surface area contributed by atoms with Gasteiger partial charge in [-0.2, -0.15) is 0 Å². The summed E-state index contributed by atoms with van der Waals surface area (Å²) in [5, 5.41) is 14.5. The van der Waals surface area contributed by atoms with Gasteiger partial charge in [-0.3, -0.25) is 0 Å². The van der Waals surface area contributed by atoms with Gasteiger partial charge in [0, 0.05) is 22.3 Å². The largest absolute Gasteiger partial charge is 0.457 e. The first-order chi connectivity index (χ1) is 25.1. The van der Waals surface area contributed by atoms with Crippen LogP contribution in [0.5, 0.6) is 11.5 Å². The van der Waals surface area contributed by atoms with E-state index < -0.39 is 13.5 Å². The highest BCUT2D eigenvalue weighted by Crippen LogP contribution is 2.47. The average molecular weight is 682 g/mol. The zero-order valence-corrected chi connectivity index (χ0v) is 28.9. The molecule has 1 aliphatic carbocycles. The Morgan fingerprint density at radius 3 is 1.35 bits per heavy atom. The van der Waals surface area contributed by atoms with Crippen molar-refractivity contribution in [1.29, 1.82) is 0 Å². The van der Waals surface area contributed by atoms with Gasteiger partial charge in [-0.05, 0) is 73.3 Å². The molecule has 0 bridgehead atoms. The van der Waals surface area contributed by atoms with E-state index in [9.17, 15) is 5.11 Å². The molecule has 7 aromatic rings. The van der Waals surface area contributed by atoms with Gasteiger partial charge >= 0.3 is 0 Å². The van der Waals surface area contributed by atoms with Gasteiger partial charge in [0.15, 0.2) is 17.5 Å². The molecule has 0 saturated heterocycles. The minimum Gasteiger partial charge on any atom is -0.457 e. The van der Waals surface area contributed by atoms with Crippen LogP contribution in [0.4, 0.5) is 0 Å². The molecule has 2 atom stereocenters. The predicted octanol–water partition coefficient (Wildman–Crippen LogP) is 9.70. The van der Waals surface area contributed by atoms with E-state index in [-0.39, 0.29) is 0 Å². The standard InChI is InChI=1S/C45H36N3O2P/c49-45(31-29-41(30-32-45)51(39-17-9-3-10-18-39)40-19-11-4-12-20-40)36-23-27-38(28-24-36)50-37-25-21-35(22-26-37)44-47-42(33-13-5-1-6-14-33)46-43(48-44)34-15-7-2-8-16-34/h1-29,31,41,49H,30,32H2/t41?,45-/m0/s1. The van der Waals surface area contributed by atoms with Crippen molar-refractivity contribution in [3.05, 3.63) is 188 Å². The number of hydrogen-bond donors (Lipinski definition) is 1. The molecule has 1 aliphatic rings. The maximum absolute atomic E-state index is 11.8. The summed E-state index contributed by atoms with van der Waals surface area (Å²) < 4.78 is 6.23. The minimum atomic E-state index is -1.02. The van der Waals surface area contributed by atoms with Crippen molar-refractivity contribution in [2.75, 3.05) is 0 Å². The summed E-state index contributed by atoms with van der Waals surface area (Å²) in [6.45, 7) is 0. The van der Waals surface area contributed by atoms with E-state index in [1.54, 1.807) is 0 Å². The Morgan fingerprint density at radius 1 is 0.510 bits per heavy atom. The van der Waals surface area contributed by atoms with Gasteiger partial charge in [0.1, 0.15) is 17.1 Å². The van der Waals surface area contributed by atoms with E-state index in [1.165, 1.54) is 10.6 Å². The molecular weight excluding hydrogens is 645 g/mol. The predicted molar refractivity (Wildman–Crippen MR) is 208 cm³/mol. The van der Waals surface area contributed by atoms with Crippen molar-refractivity contribution in [2.24, 2.45) is 0 Å². The monoisotopic (exact) mass is 681 g/mol. The number of ether oxygens (including phenoxy) is 1. The van der Waals surface area contributed by atoms with E-state index in [0.29, 0.717) is 41.1 Å². The van der Waals surface area contributed by atoms with Crippen molar-refractivity contribution >= 4 is 18.5 Å². The number of aliphatic hydroxyl groups is 1. The third kappa shape index (κ3) is 7.27. The summed E-state index contributed by atoms with van der Waals surface area (Å²) in [6, 6.07) is 57.0. The summed E-state index contributed by atoms with van der Waals surface area (Å²) in [5.41, 5.74) is 2.92. The van der Waals surface area contributed by atoms with Gasteiger partial charge in [-0.25, -0.2) is 15.0 Å². The molecule has 1 heterocycles. The number of aromatic nitrogens is 3. The highest BCUT2D eigenvalue weighted by atomic mass is 31.1. The fourth-order valence-corrected chi connectivity index (χ4v) is 9.24. The SMILES string of the molecule is O[C@@]1(c2ccc(Oc3ccc(-c4nc(-c5ccccc5)nc(-c5ccccc5)n4)cc3)cc2)C=CC(P(c2ccccc2)c2ccccc2)CC1. The summed E-state index contributed by atoms with van der Waals surface area (Å²) in [6.07, 6.45) is 5.79. The van der Waals surface area contributed by atoms with Crippen LogP contribution in [-0.4, -0.2) is 25.7 Å². The second-order valence-corrected chi connectivity index (χ2v) is 15.1. The summed E-state index contributed by atoms with van der Waals surface area (Å²) in [7, 11) is -0.584. The minimum absolute atomic E-state index is 0.350. The Hall–Kier alpha value is -5.74. The highest BCUT2D eigenvalue weighted by molar-refractivity contribution is 7.73. The maximum Gasteiger partial charge on any atom is 0.164 e. The molecule has 0 spiro atoms. The number of benzene rings is 6. The van der Waals surface area contributed by atoms with Crippen LogP contribution in [0.2, 0.25) is 0 Å². The van der Waals surface area contributed by atoms with Crippen LogP contribution in [0.1, 0.15) is 18.4 Å². The lowest BCUT2D eigenvalue weighted by Gasteiger charge is -2.35. The first-order valence-corrected chi connectivity index (χ1v) is 18.6. The summed E-state index contributed by atoms with van der Waals surface area (Å²) in [4.78, 5) is 14.4. The number of hydrogen-bond acceptors (Lipinski definition) is 5. The Labute approximate surface area is 299 Å². The van der Waals surface area contributed by atoms with E-state index in [4.69, 9.17) is 19.7 Å². The van der Waals surface area contributed by atoms with Crippen LogP contribution in [0.3, 0.4) is 0 Å². The first-order valence-electron chi connectivity index (χ1n) is 17.2. The number of nitrogens with zero attached hydrogens (tertiary/aromatic N) is 3. The molecule has 6 aromatic carbocycles. The number of rotatable bonds is 9. The molecule has 1 aromatic heterocycles. The lowest BCUT2D eigenvalue weighted by Crippen LogP contribution is -2.31. The van der Waals surface area contributed by atoms with Crippen molar-refractivity contribution in [1.82, 2.24) is 15.0 Å². The molecule has 0 saturated carbocycles. The molecule has 0 radical (unpaired) electrons. The molecule has 0 amide bonds. The van der Waals surface area contributed by atoms with Crippen molar-refractivity contribution < 1.29 is 9.84 Å². The average Bonchev–Trinajstić information content (AvgIpc) is 3.21. The Kier molecular flexibility index (Phi) is 9.31. The van der Waals surface area contributed by atoms with Gasteiger partial charge in [-0.1, -0.05) is 146 Å². The molecule has 8 rings (SSSR count). The zero-order chi connectivity index (χ0) is 34.5. The van der Waals surface area contributed by atoms with Crippen LogP contribution < -0.4 is 15.3 Å². The van der Waals surface area contributed by atoms with Crippen LogP contribution in [-0.2, 0) is 5.60 Å². The molecule has 6 heteroatoms. The smallest absolute Gasteiger partial charge is 0.164 e. The van der Waals surface area contributed by atoms with Gasteiger partial charge in [-0.15, -0.1) is 0 Å². The topological polar surface area (TPSA) is 68.1 Å².